The minimum Gasteiger partial charge on any atom is -0.351 e. The van der Waals surface area contributed by atoms with E-state index < -0.39 is 5.54 Å². The molecule has 1 N–H and O–H groups in total. The molecule has 5 nitrogen and oxygen atoms in total. The molecule has 1 unspecified atom stereocenters. The number of para-hydroxylation sites is 1. The molecular formula is C26H35N3O2. The Kier molecular flexibility index (Phi) is 5.53. The lowest BCUT2D eigenvalue weighted by Gasteiger charge is -2.48. The Labute approximate surface area is 185 Å². The molecule has 31 heavy (non-hydrogen) atoms. The fraction of sp³-hybridized carbons (Fsp3) is 0.615. The molecular weight excluding hydrogens is 386 g/mol. The average Bonchev–Trinajstić information content (AvgIpc) is 2.94. The maximum absolute atomic E-state index is 13.9. The standard InChI is InChI=1S/C26H35N3O2/c1-26(25(31)27-20-12-5-4-6-13-20)18-28-22-16-10-9-11-19(22)17-23(28)24(30)29(26)21-14-7-2-3-8-15-21/h9-11,16-17,20-21H,2-8,12-15,18H2,1H3,(H,27,31). The lowest BCUT2D eigenvalue weighted by atomic mass is 9.89. The smallest absolute Gasteiger partial charge is 0.271 e. The number of carbonyl (C=O) groups excluding carboxylic acids is 2. The van der Waals surface area contributed by atoms with Crippen LogP contribution < -0.4 is 5.32 Å². The molecule has 0 saturated heterocycles. The van der Waals surface area contributed by atoms with Gasteiger partial charge in [0.25, 0.3) is 5.91 Å². The number of carbonyl (C=O) groups is 2. The summed E-state index contributed by atoms with van der Waals surface area (Å²) in [6, 6.07) is 10.5. The van der Waals surface area contributed by atoms with E-state index in [1.54, 1.807) is 0 Å². The molecule has 2 amide bonds. The fourth-order valence-electron chi connectivity index (χ4n) is 6.14. The van der Waals surface area contributed by atoms with Crippen molar-refractivity contribution in [3.8, 4) is 0 Å². The minimum absolute atomic E-state index is 0.0237. The van der Waals surface area contributed by atoms with Gasteiger partial charge in [-0.25, -0.2) is 0 Å². The molecule has 0 radical (unpaired) electrons. The highest BCUT2D eigenvalue weighted by Gasteiger charge is 2.50. The highest BCUT2D eigenvalue weighted by molar-refractivity contribution is 6.03. The third-order valence-electron chi connectivity index (χ3n) is 7.87. The predicted octanol–water partition coefficient (Wildman–Crippen LogP) is 5.03. The highest BCUT2D eigenvalue weighted by atomic mass is 16.2. The first kappa shape index (κ1) is 20.6. The van der Waals surface area contributed by atoms with Gasteiger partial charge in [0, 0.05) is 23.0 Å². The normalized spacial score (nSPS) is 26.0. The summed E-state index contributed by atoms with van der Waals surface area (Å²) in [7, 11) is 0. The molecule has 2 aromatic rings. The summed E-state index contributed by atoms with van der Waals surface area (Å²) < 4.78 is 2.09. The molecule has 1 aromatic heterocycles. The molecule has 0 spiro atoms. The molecule has 5 rings (SSSR count). The molecule has 2 saturated carbocycles. The van der Waals surface area contributed by atoms with Crippen molar-refractivity contribution >= 4 is 22.7 Å². The second kappa shape index (κ2) is 8.33. The van der Waals surface area contributed by atoms with Crippen LogP contribution in [0.5, 0.6) is 0 Å². The molecule has 1 atom stereocenters. The van der Waals surface area contributed by atoms with Crippen molar-refractivity contribution in [2.24, 2.45) is 0 Å². The van der Waals surface area contributed by atoms with Gasteiger partial charge in [-0.05, 0) is 44.7 Å². The summed E-state index contributed by atoms with van der Waals surface area (Å²) in [5, 5.41) is 4.43. The van der Waals surface area contributed by atoms with Crippen molar-refractivity contribution in [2.45, 2.75) is 102 Å². The molecule has 1 aromatic carbocycles. The zero-order valence-corrected chi connectivity index (χ0v) is 18.7. The van der Waals surface area contributed by atoms with Crippen LogP contribution in [0.2, 0.25) is 0 Å². The van der Waals surface area contributed by atoms with E-state index in [4.69, 9.17) is 0 Å². The average molecular weight is 422 g/mol. The monoisotopic (exact) mass is 421 g/mol. The number of aromatic nitrogens is 1. The quantitative estimate of drug-likeness (QED) is 0.707. The zero-order chi connectivity index (χ0) is 21.4. The van der Waals surface area contributed by atoms with Gasteiger partial charge in [0.05, 0.1) is 6.54 Å². The lowest BCUT2D eigenvalue weighted by Crippen LogP contribution is -2.67. The number of benzene rings is 1. The van der Waals surface area contributed by atoms with E-state index in [1.165, 1.54) is 32.1 Å². The minimum atomic E-state index is -0.863. The summed E-state index contributed by atoms with van der Waals surface area (Å²) in [6.07, 6.45) is 12.4. The van der Waals surface area contributed by atoms with Gasteiger partial charge in [-0.1, -0.05) is 63.1 Å². The van der Waals surface area contributed by atoms with Gasteiger partial charge in [0.1, 0.15) is 11.2 Å². The van der Waals surface area contributed by atoms with Crippen LogP contribution in [0, 0.1) is 0 Å². The molecule has 2 heterocycles. The Morgan fingerprint density at radius 1 is 0.968 bits per heavy atom. The second-order valence-electron chi connectivity index (χ2n) is 10.1. The number of rotatable bonds is 3. The van der Waals surface area contributed by atoms with Crippen molar-refractivity contribution in [3.63, 3.8) is 0 Å². The van der Waals surface area contributed by atoms with Crippen LogP contribution in [-0.2, 0) is 11.3 Å². The summed E-state index contributed by atoms with van der Waals surface area (Å²) in [5.41, 5.74) is 0.912. The van der Waals surface area contributed by atoms with E-state index >= 15 is 0 Å². The highest BCUT2D eigenvalue weighted by Crippen LogP contribution is 2.37. The largest absolute Gasteiger partial charge is 0.351 e. The van der Waals surface area contributed by atoms with Crippen LogP contribution in [0.4, 0.5) is 0 Å². The first-order valence-electron chi connectivity index (χ1n) is 12.3. The molecule has 0 bridgehead atoms. The Bertz CT molecular complexity index is 966. The van der Waals surface area contributed by atoms with Gasteiger partial charge < -0.3 is 14.8 Å². The van der Waals surface area contributed by atoms with E-state index in [9.17, 15) is 9.59 Å². The van der Waals surface area contributed by atoms with Crippen LogP contribution in [0.1, 0.15) is 88.0 Å². The second-order valence-corrected chi connectivity index (χ2v) is 10.1. The summed E-state index contributed by atoms with van der Waals surface area (Å²) in [5.74, 6) is 0.0519. The maximum atomic E-state index is 13.9. The Morgan fingerprint density at radius 3 is 2.35 bits per heavy atom. The Morgan fingerprint density at radius 2 is 1.61 bits per heavy atom. The summed E-state index contributed by atoms with van der Waals surface area (Å²) >= 11 is 0. The summed E-state index contributed by atoms with van der Waals surface area (Å²) in [6.45, 7) is 2.53. The maximum Gasteiger partial charge on any atom is 0.271 e. The van der Waals surface area contributed by atoms with Gasteiger partial charge in [-0.3, -0.25) is 9.59 Å². The molecule has 2 aliphatic carbocycles. The van der Waals surface area contributed by atoms with Crippen LogP contribution in [0.3, 0.4) is 0 Å². The third-order valence-corrected chi connectivity index (χ3v) is 7.87. The Hall–Kier alpha value is -2.30. The Balaban J connectivity index is 1.55. The van der Waals surface area contributed by atoms with E-state index in [-0.39, 0.29) is 23.9 Å². The number of hydrogen-bond donors (Lipinski definition) is 1. The molecule has 5 heteroatoms. The lowest BCUT2D eigenvalue weighted by molar-refractivity contribution is -0.135. The van der Waals surface area contributed by atoms with E-state index in [1.807, 2.05) is 30.0 Å². The first-order chi connectivity index (χ1) is 15.1. The fourth-order valence-corrected chi connectivity index (χ4v) is 6.14. The van der Waals surface area contributed by atoms with Crippen LogP contribution >= 0.6 is 0 Å². The number of fused-ring (bicyclic) bond motifs is 3. The van der Waals surface area contributed by atoms with E-state index in [0.717, 1.165) is 55.1 Å². The first-order valence-corrected chi connectivity index (χ1v) is 12.3. The van der Waals surface area contributed by atoms with Crippen molar-refractivity contribution < 1.29 is 9.59 Å². The molecule has 3 aliphatic rings. The summed E-state index contributed by atoms with van der Waals surface area (Å²) in [4.78, 5) is 29.7. The topological polar surface area (TPSA) is 54.3 Å². The van der Waals surface area contributed by atoms with Gasteiger partial charge in [-0.2, -0.15) is 0 Å². The van der Waals surface area contributed by atoms with E-state index in [2.05, 4.69) is 22.0 Å². The van der Waals surface area contributed by atoms with Crippen LogP contribution in [0.15, 0.2) is 30.3 Å². The van der Waals surface area contributed by atoms with Crippen molar-refractivity contribution in [1.82, 2.24) is 14.8 Å². The van der Waals surface area contributed by atoms with Crippen molar-refractivity contribution in [2.75, 3.05) is 0 Å². The van der Waals surface area contributed by atoms with Crippen molar-refractivity contribution in [3.05, 3.63) is 36.0 Å². The van der Waals surface area contributed by atoms with Gasteiger partial charge in [-0.15, -0.1) is 0 Å². The van der Waals surface area contributed by atoms with Gasteiger partial charge in [0.2, 0.25) is 5.91 Å². The number of nitrogens with one attached hydrogen (secondary N) is 1. The van der Waals surface area contributed by atoms with Gasteiger partial charge in [0.15, 0.2) is 0 Å². The SMILES string of the molecule is CC1(C(=O)NC2CCCCC2)Cn2c(cc3ccccc32)C(=O)N1C1CCCCCC1. The van der Waals surface area contributed by atoms with Crippen molar-refractivity contribution in [1.29, 1.82) is 0 Å². The van der Waals surface area contributed by atoms with Gasteiger partial charge >= 0.3 is 0 Å². The zero-order valence-electron chi connectivity index (χ0n) is 18.7. The number of nitrogens with zero attached hydrogens (tertiary/aromatic N) is 2. The number of hydrogen-bond acceptors (Lipinski definition) is 2. The number of amides is 2. The molecule has 166 valence electrons. The van der Waals surface area contributed by atoms with E-state index in [0.29, 0.717) is 6.54 Å². The van der Waals surface area contributed by atoms with Crippen LogP contribution in [-0.4, -0.2) is 38.9 Å². The molecule has 1 aliphatic heterocycles. The third kappa shape index (κ3) is 3.66. The molecule has 2 fully saturated rings. The predicted molar refractivity (Wildman–Crippen MR) is 123 cm³/mol. The van der Waals surface area contributed by atoms with Crippen LogP contribution in [0.25, 0.3) is 10.9 Å².